The van der Waals surface area contributed by atoms with Crippen molar-refractivity contribution in [2.24, 2.45) is 0 Å². The molecule has 2 aliphatic rings. The highest BCUT2D eigenvalue weighted by Crippen LogP contribution is 2.35. The molecular weight excluding hydrogens is 246 g/mol. The van der Waals surface area contributed by atoms with Crippen LogP contribution < -0.4 is 0 Å². The van der Waals surface area contributed by atoms with Crippen molar-refractivity contribution >= 4 is 0 Å². The van der Waals surface area contributed by atoms with Gasteiger partial charge < -0.3 is 9.80 Å². The molecular formula is C17H27N3. The van der Waals surface area contributed by atoms with E-state index in [1.807, 2.05) is 0 Å². The molecule has 0 spiro atoms. The average Bonchev–Trinajstić information content (AvgIpc) is 2.85. The summed E-state index contributed by atoms with van der Waals surface area (Å²) in [6, 6.07) is 9.64. The molecule has 0 saturated carbocycles. The fourth-order valence-corrected chi connectivity index (χ4v) is 3.51. The molecule has 1 aromatic rings. The Kier molecular flexibility index (Phi) is 4.39. The molecule has 0 aromatic heterocycles. The molecule has 3 heteroatoms. The van der Waals surface area contributed by atoms with Gasteiger partial charge in [-0.2, -0.15) is 0 Å². The Morgan fingerprint density at radius 3 is 2.95 bits per heavy atom. The number of fused-ring (bicyclic) bond motifs is 3. The van der Waals surface area contributed by atoms with Crippen molar-refractivity contribution in [1.29, 1.82) is 0 Å². The molecule has 1 aromatic carbocycles. The molecule has 3 nitrogen and oxygen atoms in total. The van der Waals surface area contributed by atoms with Gasteiger partial charge in [-0.15, -0.1) is 0 Å². The quantitative estimate of drug-likeness (QED) is 0.814. The van der Waals surface area contributed by atoms with E-state index in [1.165, 1.54) is 39.1 Å². The maximum atomic E-state index is 2.66. The van der Waals surface area contributed by atoms with Crippen LogP contribution in [-0.2, 0) is 6.54 Å². The van der Waals surface area contributed by atoms with E-state index in [0.29, 0.717) is 6.04 Å². The average molecular weight is 273 g/mol. The summed E-state index contributed by atoms with van der Waals surface area (Å²) in [4.78, 5) is 7.72. The third kappa shape index (κ3) is 2.90. The molecule has 1 atom stereocenters. The van der Waals surface area contributed by atoms with Gasteiger partial charge in [0.15, 0.2) is 0 Å². The molecule has 0 amide bonds. The summed E-state index contributed by atoms with van der Waals surface area (Å²) >= 11 is 0. The summed E-state index contributed by atoms with van der Waals surface area (Å²) in [6.45, 7) is 10.7. The van der Waals surface area contributed by atoms with Gasteiger partial charge in [-0.1, -0.05) is 31.2 Å². The van der Waals surface area contributed by atoms with E-state index >= 15 is 0 Å². The minimum atomic E-state index is 0.642. The van der Waals surface area contributed by atoms with E-state index in [0.717, 1.165) is 13.1 Å². The molecule has 110 valence electrons. The summed E-state index contributed by atoms with van der Waals surface area (Å²) in [5.41, 5.74) is 3.12. The van der Waals surface area contributed by atoms with Crippen LogP contribution in [0.3, 0.4) is 0 Å². The van der Waals surface area contributed by atoms with Crippen LogP contribution >= 0.6 is 0 Å². The molecule has 1 unspecified atom stereocenters. The van der Waals surface area contributed by atoms with Gasteiger partial charge in [0.2, 0.25) is 0 Å². The van der Waals surface area contributed by atoms with Crippen LogP contribution in [0.15, 0.2) is 24.3 Å². The number of nitrogens with zero attached hydrogens (tertiary/aromatic N) is 3. The summed E-state index contributed by atoms with van der Waals surface area (Å²) in [5.74, 6) is 0. The summed E-state index contributed by atoms with van der Waals surface area (Å²) < 4.78 is 0. The zero-order valence-corrected chi connectivity index (χ0v) is 12.9. The van der Waals surface area contributed by atoms with E-state index < -0.39 is 0 Å². The highest BCUT2D eigenvalue weighted by molar-refractivity contribution is 5.34. The van der Waals surface area contributed by atoms with Gasteiger partial charge in [0.25, 0.3) is 0 Å². The predicted octanol–water partition coefficient (Wildman–Crippen LogP) is 2.20. The maximum Gasteiger partial charge on any atom is 0.0482 e. The van der Waals surface area contributed by atoms with Gasteiger partial charge >= 0.3 is 0 Å². The first-order valence-corrected chi connectivity index (χ1v) is 8.00. The molecule has 0 N–H and O–H groups in total. The minimum Gasteiger partial charge on any atom is -0.307 e. The SMILES string of the molecule is CCN(C)CCCN1CCN2Cc3ccccc3C2C1. The van der Waals surface area contributed by atoms with E-state index in [2.05, 4.69) is 52.9 Å². The van der Waals surface area contributed by atoms with Gasteiger partial charge in [-0.3, -0.25) is 4.90 Å². The number of piperazine rings is 1. The monoisotopic (exact) mass is 273 g/mol. The second kappa shape index (κ2) is 6.25. The van der Waals surface area contributed by atoms with E-state index in [4.69, 9.17) is 0 Å². The van der Waals surface area contributed by atoms with E-state index in [9.17, 15) is 0 Å². The lowest BCUT2D eigenvalue weighted by Gasteiger charge is -2.38. The van der Waals surface area contributed by atoms with E-state index in [-0.39, 0.29) is 0 Å². The Bertz CT molecular complexity index is 446. The smallest absolute Gasteiger partial charge is 0.0482 e. The van der Waals surface area contributed by atoms with Gasteiger partial charge in [0, 0.05) is 32.2 Å². The van der Waals surface area contributed by atoms with Crippen LogP contribution in [0.25, 0.3) is 0 Å². The largest absolute Gasteiger partial charge is 0.307 e. The second-order valence-corrected chi connectivity index (χ2v) is 6.24. The molecule has 2 heterocycles. The van der Waals surface area contributed by atoms with Crippen LogP contribution in [0, 0.1) is 0 Å². The number of hydrogen-bond donors (Lipinski definition) is 0. The van der Waals surface area contributed by atoms with Crippen molar-refractivity contribution in [2.75, 3.05) is 46.3 Å². The molecule has 0 radical (unpaired) electrons. The van der Waals surface area contributed by atoms with Crippen molar-refractivity contribution in [3.63, 3.8) is 0 Å². The number of benzene rings is 1. The molecule has 3 rings (SSSR count). The van der Waals surface area contributed by atoms with Crippen molar-refractivity contribution < 1.29 is 0 Å². The fraction of sp³-hybridized carbons (Fsp3) is 0.647. The standard InChI is InChI=1S/C17H27N3/c1-3-18(2)9-6-10-19-11-12-20-13-15-7-4-5-8-16(15)17(20)14-19/h4-5,7-8,17H,3,6,9-14H2,1-2H3. The third-order valence-corrected chi connectivity index (χ3v) is 4.92. The Labute approximate surface area is 123 Å². The molecule has 2 aliphatic heterocycles. The Balaban J connectivity index is 1.55. The van der Waals surface area contributed by atoms with Crippen LogP contribution in [0.4, 0.5) is 0 Å². The highest BCUT2D eigenvalue weighted by atomic mass is 15.3. The van der Waals surface area contributed by atoms with Crippen molar-refractivity contribution in [2.45, 2.75) is 25.9 Å². The lowest BCUT2D eigenvalue weighted by molar-refractivity contribution is 0.0809. The molecule has 20 heavy (non-hydrogen) atoms. The van der Waals surface area contributed by atoms with Crippen LogP contribution in [0.5, 0.6) is 0 Å². The van der Waals surface area contributed by atoms with Gasteiger partial charge in [0.05, 0.1) is 0 Å². The minimum absolute atomic E-state index is 0.642. The van der Waals surface area contributed by atoms with Crippen molar-refractivity contribution in [1.82, 2.24) is 14.7 Å². The highest BCUT2D eigenvalue weighted by Gasteiger charge is 2.34. The van der Waals surface area contributed by atoms with Crippen LogP contribution in [-0.4, -0.2) is 61.0 Å². The van der Waals surface area contributed by atoms with E-state index in [1.54, 1.807) is 11.1 Å². The first kappa shape index (κ1) is 14.1. The van der Waals surface area contributed by atoms with Crippen molar-refractivity contribution in [3.8, 4) is 0 Å². The summed E-state index contributed by atoms with van der Waals surface area (Å²) in [7, 11) is 2.21. The molecule has 1 fully saturated rings. The molecule has 0 aliphatic carbocycles. The van der Waals surface area contributed by atoms with Crippen LogP contribution in [0.2, 0.25) is 0 Å². The van der Waals surface area contributed by atoms with Gasteiger partial charge in [-0.25, -0.2) is 0 Å². The normalized spacial score (nSPS) is 23.1. The molecule has 1 saturated heterocycles. The lowest BCUT2D eigenvalue weighted by Crippen LogP contribution is -2.46. The zero-order chi connectivity index (χ0) is 13.9. The lowest BCUT2D eigenvalue weighted by atomic mass is 10.0. The third-order valence-electron chi connectivity index (χ3n) is 4.92. The zero-order valence-electron chi connectivity index (χ0n) is 12.9. The van der Waals surface area contributed by atoms with Crippen molar-refractivity contribution in [3.05, 3.63) is 35.4 Å². The number of rotatable bonds is 5. The Morgan fingerprint density at radius 1 is 1.25 bits per heavy atom. The summed E-state index contributed by atoms with van der Waals surface area (Å²) in [5, 5.41) is 0. The number of hydrogen-bond acceptors (Lipinski definition) is 3. The maximum absolute atomic E-state index is 2.66. The van der Waals surface area contributed by atoms with Gasteiger partial charge in [0.1, 0.15) is 0 Å². The van der Waals surface area contributed by atoms with Crippen LogP contribution in [0.1, 0.15) is 30.5 Å². The fourth-order valence-electron chi connectivity index (χ4n) is 3.51. The Hall–Kier alpha value is -0.900. The topological polar surface area (TPSA) is 9.72 Å². The predicted molar refractivity (Wildman–Crippen MR) is 83.8 cm³/mol. The summed E-state index contributed by atoms with van der Waals surface area (Å²) in [6.07, 6.45) is 1.29. The first-order valence-electron chi connectivity index (χ1n) is 8.00. The van der Waals surface area contributed by atoms with Gasteiger partial charge in [-0.05, 0) is 44.2 Å². The first-order chi connectivity index (χ1) is 9.78. The second-order valence-electron chi connectivity index (χ2n) is 6.24. The molecule has 0 bridgehead atoms. The Morgan fingerprint density at radius 2 is 2.10 bits per heavy atom.